The summed E-state index contributed by atoms with van der Waals surface area (Å²) in [4.78, 5) is 14.7. The highest BCUT2D eigenvalue weighted by Gasteiger charge is 2.07. The summed E-state index contributed by atoms with van der Waals surface area (Å²) in [5.41, 5.74) is 1.35. The van der Waals surface area contributed by atoms with Gasteiger partial charge in [-0.2, -0.15) is 0 Å². The van der Waals surface area contributed by atoms with Crippen LogP contribution in [-0.2, 0) is 17.0 Å². The minimum Gasteiger partial charge on any atom is -0.481 e. The van der Waals surface area contributed by atoms with Gasteiger partial charge in [-0.1, -0.05) is 29.4 Å². The molecule has 0 atom stereocenters. The Morgan fingerprint density at radius 2 is 2.32 bits per heavy atom. The summed E-state index contributed by atoms with van der Waals surface area (Å²) in [7, 11) is 0. The number of carboxylic acid groups (broad SMARTS) is 1. The second-order valence-corrected chi connectivity index (χ2v) is 6.20. The maximum atomic E-state index is 13.2. The van der Waals surface area contributed by atoms with Gasteiger partial charge in [-0.3, -0.25) is 4.79 Å². The molecule has 0 aliphatic carbocycles. The molecule has 1 aromatic carbocycles. The Labute approximate surface area is 122 Å². The van der Waals surface area contributed by atoms with Crippen molar-refractivity contribution in [2.75, 3.05) is 0 Å². The number of carbonyl (C=O) groups is 1. The molecule has 0 saturated carbocycles. The molecule has 0 saturated heterocycles. The fourth-order valence-electron chi connectivity index (χ4n) is 1.37. The largest absolute Gasteiger partial charge is 0.481 e. The third-order valence-electron chi connectivity index (χ3n) is 2.21. The maximum absolute atomic E-state index is 13.2. The first-order valence-corrected chi connectivity index (χ1v) is 7.52. The molecule has 19 heavy (non-hydrogen) atoms. The lowest BCUT2D eigenvalue weighted by Crippen LogP contribution is -1.99. The Kier molecular flexibility index (Phi) is 4.79. The Hall–Kier alpha value is -1.11. The van der Waals surface area contributed by atoms with E-state index in [-0.39, 0.29) is 11.4 Å². The zero-order valence-electron chi connectivity index (χ0n) is 9.60. The first-order chi connectivity index (χ1) is 9.04. The number of carboxylic acids is 1. The number of nitrogens with zero attached hydrogens (tertiary/aromatic N) is 1. The van der Waals surface area contributed by atoms with Crippen LogP contribution in [0.1, 0.15) is 11.3 Å². The van der Waals surface area contributed by atoms with Gasteiger partial charge in [-0.25, -0.2) is 9.37 Å². The molecule has 0 aliphatic heterocycles. The topological polar surface area (TPSA) is 50.2 Å². The van der Waals surface area contributed by atoms with E-state index in [9.17, 15) is 9.18 Å². The molecule has 0 aliphatic rings. The molecule has 0 spiro atoms. The van der Waals surface area contributed by atoms with Crippen molar-refractivity contribution in [2.45, 2.75) is 16.5 Å². The molecule has 3 nitrogen and oxygen atoms in total. The summed E-state index contributed by atoms with van der Waals surface area (Å²) in [6.07, 6.45) is -0.0768. The van der Waals surface area contributed by atoms with Crippen molar-refractivity contribution in [1.82, 2.24) is 4.98 Å². The van der Waals surface area contributed by atoms with Gasteiger partial charge < -0.3 is 5.11 Å². The molecular formula is C12H9ClFNO2S2. The summed E-state index contributed by atoms with van der Waals surface area (Å²) < 4.78 is 14.0. The SMILES string of the molecule is O=C(O)Cc1csc(SCc2ccc(Cl)c(F)c2)n1. The molecule has 0 radical (unpaired) electrons. The van der Waals surface area contributed by atoms with Gasteiger partial charge >= 0.3 is 5.97 Å². The number of thioether (sulfide) groups is 1. The van der Waals surface area contributed by atoms with Crippen molar-refractivity contribution >= 4 is 40.7 Å². The van der Waals surface area contributed by atoms with Crippen LogP contribution in [0.3, 0.4) is 0 Å². The van der Waals surface area contributed by atoms with E-state index in [4.69, 9.17) is 16.7 Å². The third kappa shape index (κ3) is 4.19. The first-order valence-electron chi connectivity index (χ1n) is 5.27. The quantitative estimate of drug-likeness (QED) is 0.851. The van der Waals surface area contributed by atoms with Gasteiger partial charge in [0.15, 0.2) is 0 Å². The van der Waals surface area contributed by atoms with E-state index >= 15 is 0 Å². The number of rotatable bonds is 5. The van der Waals surface area contributed by atoms with Crippen molar-refractivity contribution in [3.05, 3.63) is 45.7 Å². The Morgan fingerprint density at radius 1 is 1.53 bits per heavy atom. The van der Waals surface area contributed by atoms with E-state index in [1.165, 1.54) is 35.2 Å². The smallest absolute Gasteiger partial charge is 0.309 e. The van der Waals surface area contributed by atoms with Gasteiger partial charge in [0.2, 0.25) is 0 Å². The molecule has 0 fully saturated rings. The average molecular weight is 318 g/mol. The summed E-state index contributed by atoms with van der Waals surface area (Å²) in [6, 6.07) is 4.66. The zero-order chi connectivity index (χ0) is 13.8. The normalized spacial score (nSPS) is 10.6. The molecular weight excluding hydrogens is 309 g/mol. The summed E-state index contributed by atoms with van der Waals surface area (Å²) >= 11 is 8.43. The summed E-state index contributed by atoms with van der Waals surface area (Å²) in [5.74, 6) is -0.777. The van der Waals surface area contributed by atoms with Gasteiger partial charge in [-0.05, 0) is 17.7 Å². The second-order valence-electron chi connectivity index (χ2n) is 3.71. The van der Waals surface area contributed by atoms with Crippen LogP contribution < -0.4 is 0 Å². The van der Waals surface area contributed by atoms with Crippen LogP contribution in [0.5, 0.6) is 0 Å². The number of halogens is 2. The van der Waals surface area contributed by atoms with E-state index < -0.39 is 11.8 Å². The van der Waals surface area contributed by atoms with Crippen molar-refractivity contribution in [2.24, 2.45) is 0 Å². The molecule has 1 aromatic heterocycles. The summed E-state index contributed by atoms with van der Waals surface area (Å²) in [6.45, 7) is 0. The van der Waals surface area contributed by atoms with Crippen LogP contribution >= 0.6 is 34.7 Å². The van der Waals surface area contributed by atoms with Crippen molar-refractivity contribution < 1.29 is 14.3 Å². The summed E-state index contributed by atoms with van der Waals surface area (Å²) in [5, 5.41) is 10.5. The molecule has 0 bridgehead atoms. The lowest BCUT2D eigenvalue weighted by atomic mass is 10.2. The number of hydrogen-bond donors (Lipinski definition) is 1. The predicted octanol–water partition coefficient (Wildman–Crippen LogP) is 3.86. The Bertz CT molecular complexity index is 603. The maximum Gasteiger partial charge on any atom is 0.309 e. The van der Waals surface area contributed by atoms with E-state index in [2.05, 4.69) is 4.98 Å². The van der Waals surface area contributed by atoms with Crippen molar-refractivity contribution in [1.29, 1.82) is 0 Å². The minimum absolute atomic E-state index is 0.0768. The number of aromatic nitrogens is 1. The van der Waals surface area contributed by atoms with Crippen LogP contribution in [0.2, 0.25) is 5.02 Å². The van der Waals surface area contributed by atoms with Crippen LogP contribution in [0.15, 0.2) is 27.9 Å². The molecule has 1 N–H and O–H groups in total. The Balaban J connectivity index is 1.96. The molecule has 0 unspecified atom stereocenters. The zero-order valence-corrected chi connectivity index (χ0v) is 12.0. The number of thiazole rings is 1. The van der Waals surface area contributed by atoms with Gasteiger partial charge in [0.05, 0.1) is 17.1 Å². The first kappa shape index (κ1) is 14.3. The molecule has 1 heterocycles. The second kappa shape index (κ2) is 6.36. The Morgan fingerprint density at radius 3 is 3.00 bits per heavy atom. The van der Waals surface area contributed by atoms with Crippen LogP contribution in [-0.4, -0.2) is 16.1 Å². The van der Waals surface area contributed by atoms with Gasteiger partial charge in [0.1, 0.15) is 10.2 Å². The fraction of sp³-hybridized carbons (Fsp3) is 0.167. The van der Waals surface area contributed by atoms with Crippen molar-refractivity contribution in [3.63, 3.8) is 0 Å². The van der Waals surface area contributed by atoms with Crippen LogP contribution in [0.4, 0.5) is 4.39 Å². The standard InChI is InChI=1S/C12H9ClFNO2S2/c13-9-2-1-7(3-10(9)14)5-18-12-15-8(6-19-12)4-11(16)17/h1-3,6H,4-5H2,(H,16,17). The van der Waals surface area contributed by atoms with Gasteiger partial charge in [0, 0.05) is 11.1 Å². The van der Waals surface area contributed by atoms with Crippen LogP contribution in [0, 0.1) is 5.82 Å². The van der Waals surface area contributed by atoms with E-state index in [1.54, 1.807) is 11.4 Å². The number of hydrogen-bond acceptors (Lipinski definition) is 4. The minimum atomic E-state index is -0.901. The molecule has 2 aromatic rings. The molecule has 0 amide bonds. The van der Waals surface area contributed by atoms with E-state index in [0.29, 0.717) is 11.4 Å². The predicted molar refractivity (Wildman–Crippen MR) is 74.4 cm³/mol. The van der Waals surface area contributed by atoms with Crippen molar-refractivity contribution in [3.8, 4) is 0 Å². The lowest BCUT2D eigenvalue weighted by Gasteiger charge is -2.00. The van der Waals surface area contributed by atoms with Gasteiger partial charge in [-0.15, -0.1) is 11.3 Å². The average Bonchev–Trinajstić information content (AvgIpc) is 2.77. The fourth-order valence-corrected chi connectivity index (χ4v) is 3.27. The monoisotopic (exact) mass is 317 g/mol. The van der Waals surface area contributed by atoms with Gasteiger partial charge in [0.25, 0.3) is 0 Å². The van der Waals surface area contributed by atoms with E-state index in [0.717, 1.165) is 9.90 Å². The third-order valence-corrected chi connectivity index (χ3v) is 4.66. The molecule has 100 valence electrons. The molecule has 2 rings (SSSR count). The number of benzene rings is 1. The highest BCUT2D eigenvalue weighted by molar-refractivity contribution is 8.00. The molecule has 7 heteroatoms. The van der Waals surface area contributed by atoms with E-state index in [1.807, 2.05) is 0 Å². The highest BCUT2D eigenvalue weighted by Crippen LogP contribution is 2.27. The number of aliphatic carboxylic acids is 1. The highest BCUT2D eigenvalue weighted by atomic mass is 35.5. The lowest BCUT2D eigenvalue weighted by molar-refractivity contribution is -0.136. The van der Waals surface area contributed by atoms with Crippen LogP contribution in [0.25, 0.3) is 0 Å².